The molecule has 0 saturated carbocycles. The van der Waals surface area contributed by atoms with Gasteiger partial charge in [0.25, 0.3) is 0 Å². The van der Waals surface area contributed by atoms with Crippen LogP contribution in [-0.2, 0) is 11.2 Å². The summed E-state index contributed by atoms with van der Waals surface area (Å²) in [4.78, 5) is 26.4. The molecule has 2 saturated heterocycles. The third-order valence-corrected chi connectivity index (χ3v) is 7.97. The average Bonchev–Trinajstić information content (AvgIpc) is 3.49. The summed E-state index contributed by atoms with van der Waals surface area (Å²) in [7, 11) is 0. The zero-order valence-electron chi connectivity index (χ0n) is 21.4. The number of nitrogens with zero attached hydrogens (tertiary/aromatic N) is 7. The number of hydrogen-bond donors (Lipinski definition) is 2. The molecule has 0 aliphatic carbocycles. The van der Waals surface area contributed by atoms with Gasteiger partial charge < -0.3 is 30.3 Å². The Morgan fingerprint density at radius 1 is 1.17 bits per heavy atom. The van der Waals surface area contributed by atoms with Crippen molar-refractivity contribution in [2.24, 2.45) is 5.41 Å². The number of thiocarbonyl (C=S) groups is 1. The van der Waals surface area contributed by atoms with Gasteiger partial charge in [-0.3, -0.25) is 0 Å². The van der Waals surface area contributed by atoms with Gasteiger partial charge in [0.2, 0.25) is 11.9 Å². The molecule has 2 fully saturated rings. The Labute approximate surface area is 217 Å². The van der Waals surface area contributed by atoms with Crippen molar-refractivity contribution in [1.29, 1.82) is 0 Å². The topological polar surface area (TPSA) is 117 Å². The van der Waals surface area contributed by atoms with Crippen LogP contribution in [0.25, 0.3) is 11.3 Å². The van der Waals surface area contributed by atoms with E-state index in [0.717, 1.165) is 79.1 Å². The Balaban J connectivity index is 1.47. The maximum atomic E-state index is 9.71. The average molecular weight is 513 g/mol. The van der Waals surface area contributed by atoms with Gasteiger partial charge >= 0.3 is 0 Å². The molecule has 11 heteroatoms. The van der Waals surface area contributed by atoms with Gasteiger partial charge in [-0.15, -0.1) is 0 Å². The van der Waals surface area contributed by atoms with Crippen molar-refractivity contribution >= 4 is 34.9 Å². The largest absolute Gasteiger partial charge is 0.396 e. The monoisotopic (exact) mass is 512 g/mol. The van der Waals surface area contributed by atoms with Crippen molar-refractivity contribution in [2.75, 3.05) is 68.1 Å². The number of rotatable bonds is 6. The van der Waals surface area contributed by atoms with Crippen molar-refractivity contribution in [3.63, 3.8) is 0 Å². The van der Waals surface area contributed by atoms with E-state index in [1.807, 2.05) is 0 Å². The molecule has 5 heterocycles. The molecule has 3 aliphatic rings. The zero-order chi connectivity index (χ0) is 25.5. The maximum Gasteiger partial charge on any atom is 0.228 e. The number of aromatic nitrogens is 4. The number of hydrogen-bond acceptors (Lipinski definition) is 10. The lowest BCUT2D eigenvalue weighted by molar-refractivity contribution is 0.122. The second-order valence-corrected chi connectivity index (χ2v) is 11.5. The Morgan fingerprint density at radius 2 is 1.89 bits per heavy atom. The van der Waals surface area contributed by atoms with E-state index >= 15 is 0 Å². The van der Waals surface area contributed by atoms with Crippen LogP contribution in [0.5, 0.6) is 0 Å². The third kappa shape index (κ3) is 4.83. The number of fused-ring (bicyclic) bond motifs is 1. The molecule has 36 heavy (non-hydrogen) atoms. The molecule has 0 bridgehead atoms. The normalized spacial score (nSPS) is 22.3. The summed E-state index contributed by atoms with van der Waals surface area (Å²) in [5.74, 6) is 1.96. The summed E-state index contributed by atoms with van der Waals surface area (Å²) in [6, 6.07) is 0. The van der Waals surface area contributed by atoms with E-state index in [4.69, 9.17) is 32.7 Å². The van der Waals surface area contributed by atoms with Crippen LogP contribution in [-0.4, -0.2) is 93.0 Å². The number of aliphatic hydroxyl groups is 1. The van der Waals surface area contributed by atoms with Crippen molar-refractivity contribution in [2.45, 2.75) is 45.6 Å². The summed E-state index contributed by atoms with van der Waals surface area (Å²) in [6.07, 6.45) is 6.05. The van der Waals surface area contributed by atoms with Gasteiger partial charge in [0, 0.05) is 69.3 Å². The number of nitrogen functional groups attached to an aromatic ring is 1. The Bertz CT molecular complexity index is 1120. The first-order chi connectivity index (χ1) is 17.2. The first kappa shape index (κ1) is 25.0. The lowest BCUT2D eigenvalue weighted by Crippen LogP contribution is -2.49. The molecular weight excluding hydrogens is 476 g/mol. The zero-order valence-corrected chi connectivity index (χ0v) is 22.2. The molecule has 1 atom stereocenters. The van der Waals surface area contributed by atoms with Crippen LogP contribution < -0.4 is 15.5 Å². The quantitative estimate of drug-likeness (QED) is 0.553. The fourth-order valence-electron chi connectivity index (χ4n) is 5.33. The number of ether oxygens (including phenoxy) is 1. The Kier molecular flexibility index (Phi) is 6.73. The molecule has 3 N–H and O–H groups in total. The molecule has 0 unspecified atom stereocenters. The number of likely N-dealkylation sites (tertiary alicyclic amines) is 1. The first-order valence-corrected chi connectivity index (χ1v) is 13.1. The van der Waals surface area contributed by atoms with E-state index in [1.165, 1.54) is 0 Å². The molecule has 0 amide bonds. The van der Waals surface area contributed by atoms with Crippen LogP contribution in [0.1, 0.15) is 39.2 Å². The highest BCUT2D eigenvalue weighted by Gasteiger charge is 2.44. The van der Waals surface area contributed by atoms with Crippen LogP contribution in [0.15, 0.2) is 12.4 Å². The molecule has 0 spiro atoms. The summed E-state index contributed by atoms with van der Waals surface area (Å²) < 4.78 is 5.56. The molecule has 10 nitrogen and oxygen atoms in total. The van der Waals surface area contributed by atoms with E-state index in [1.54, 1.807) is 12.4 Å². The predicted octanol–water partition coefficient (Wildman–Crippen LogP) is 1.92. The van der Waals surface area contributed by atoms with Crippen molar-refractivity contribution in [3.8, 4) is 11.3 Å². The third-order valence-electron chi connectivity index (χ3n) is 7.57. The smallest absolute Gasteiger partial charge is 0.228 e. The first-order valence-electron chi connectivity index (χ1n) is 12.7. The van der Waals surface area contributed by atoms with Gasteiger partial charge in [0.05, 0.1) is 29.4 Å². The minimum Gasteiger partial charge on any atom is -0.396 e. The van der Waals surface area contributed by atoms with Gasteiger partial charge in [-0.05, 0) is 25.2 Å². The van der Waals surface area contributed by atoms with E-state index in [9.17, 15) is 5.11 Å². The van der Waals surface area contributed by atoms with Crippen LogP contribution in [0.2, 0.25) is 0 Å². The fraction of sp³-hybridized carbons (Fsp3) is 0.640. The van der Waals surface area contributed by atoms with Crippen LogP contribution in [0.4, 0.5) is 17.7 Å². The number of nitrogens with two attached hydrogens (primary N) is 1. The minimum absolute atomic E-state index is 0.107. The Hall–Kier alpha value is -2.63. The van der Waals surface area contributed by atoms with Crippen molar-refractivity contribution in [3.05, 3.63) is 18.0 Å². The highest BCUT2D eigenvalue weighted by Crippen LogP contribution is 2.42. The van der Waals surface area contributed by atoms with E-state index < -0.39 is 0 Å². The van der Waals surface area contributed by atoms with Crippen LogP contribution in [0.3, 0.4) is 0 Å². The van der Waals surface area contributed by atoms with Crippen LogP contribution in [0, 0.1) is 5.41 Å². The summed E-state index contributed by atoms with van der Waals surface area (Å²) in [5.41, 5.74) is 8.29. The number of aliphatic hydroxyl groups excluding tert-OH is 1. The standard InChI is InChI=1S/C25H36N8O2S/c1-24(2,16-34)12-19(36)32-7-5-25(3,15-32)33-6-4-18-20(17-13-27-22(26)28-14-17)29-23(30-21(18)33)31-8-10-35-11-9-31/h13-14,34H,4-12,15-16H2,1-3H3,(H2,26,27,28)/t25-/m0/s1. The van der Waals surface area contributed by atoms with Crippen molar-refractivity contribution < 1.29 is 9.84 Å². The van der Waals surface area contributed by atoms with Gasteiger partial charge in [-0.25, -0.2) is 15.0 Å². The Morgan fingerprint density at radius 3 is 2.58 bits per heavy atom. The lowest BCUT2D eigenvalue weighted by atomic mass is 9.90. The number of anilines is 3. The van der Waals surface area contributed by atoms with Gasteiger partial charge in [0.15, 0.2) is 0 Å². The summed E-state index contributed by atoms with van der Waals surface area (Å²) in [6.45, 7) is 12.0. The summed E-state index contributed by atoms with van der Waals surface area (Å²) >= 11 is 5.81. The molecule has 3 aliphatic heterocycles. The second-order valence-electron chi connectivity index (χ2n) is 11.1. The second kappa shape index (κ2) is 9.68. The van der Waals surface area contributed by atoms with E-state index in [2.05, 4.69) is 45.4 Å². The molecule has 194 valence electrons. The predicted molar refractivity (Wildman–Crippen MR) is 144 cm³/mol. The number of morpholine rings is 1. The van der Waals surface area contributed by atoms with Crippen LogP contribution >= 0.6 is 12.2 Å². The fourth-order valence-corrected chi connectivity index (χ4v) is 5.87. The minimum atomic E-state index is -0.216. The highest BCUT2D eigenvalue weighted by atomic mass is 32.1. The van der Waals surface area contributed by atoms with E-state index in [-0.39, 0.29) is 23.5 Å². The lowest BCUT2D eigenvalue weighted by Gasteiger charge is -2.38. The SMILES string of the molecule is CC(C)(CO)CC(=S)N1CC[C@](C)(N2CCc3c(-c4cnc(N)nc4)nc(N4CCOCC4)nc32)C1. The van der Waals surface area contributed by atoms with Gasteiger partial charge in [0.1, 0.15) is 5.82 Å². The van der Waals surface area contributed by atoms with Gasteiger partial charge in [-0.2, -0.15) is 4.98 Å². The molecule has 5 rings (SSSR count). The molecule has 2 aromatic rings. The van der Waals surface area contributed by atoms with E-state index in [0.29, 0.717) is 19.6 Å². The molecule has 0 radical (unpaired) electrons. The summed E-state index contributed by atoms with van der Waals surface area (Å²) in [5, 5.41) is 9.71. The van der Waals surface area contributed by atoms with Crippen molar-refractivity contribution in [1.82, 2.24) is 24.8 Å². The maximum absolute atomic E-state index is 9.71. The molecule has 0 aromatic carbocycles. The molecule has 2 aromatic heterocycles. The highest BCUT2D eigenvalue weighted by molar-refractivity contribution is 7.80. The van der Waals surface area contributed by atoms with Gasteiger partial charge in [-0.1, -0.05) is 26.1 Å². The molecular formula is C25H36N8O2S.